The summed E-state index contributed by atoms with van der Waals surface area (Å²) in [6.07, 6.45) is 7.47. The minimum absolute atomic E-state index is 0.635. The van der Waals surface area contributed by atoms with Crippen molar-refractivity contribution in [1.29, 1.82) is 0 Å². The molecule has 2 saturated carbocycles. The van der Waals surface area contributed by atoms with Gasteiger partial charge >= 0.3 is 0 Å². The van der Waals surface area contributed by atoms with E-state index >= 15 is 0 Å². The molecule has 0 nitrogen and oxygen atoms in total. The first-order valence-corrected chi connectivity index (χ1v) is 6.48. The van der Waals surface area contributed by atoms with Gasteiger partial charge in [0, 0.05) is 0 Å². The van der Waals surface area contributed by atoms with E-state index in [0.717, 1.165) is 23.7 Å². The Hall–Kier alpha value is 0. The van der Waals surface area contributed by atoms with Gasteiger partial charge in [0.1, 0.15) is 0 Å². The van der Waals surface area contributed by atoms with Crippen LogP contribution in [0.1, 0.15) is 59.8 Å². The number of hydrogen-bond acceptors (Lipinski definition) is 0. The highest BCUT2D eigenvalue weighted by Gasteiger charge is 2.40. The van der Waals surface area contributed by atoms with Crippen molar-refractivity contribution in [3.63, 3.8) is 0 Å². The van der Waals surface area contributed by atoms with Crippen LogP contribution in [0.25, 0.3) is 0 Å². The molecule has 0 heteroatoms. The molecule has 4 atom stereocenters. The Kier molecular flexibility index (Phi) is 2.66. The Labute approximate surface area is 89.5 Å². The molecule has 0 aromatic carbocycles. The van der Waals surface area contributed by atoms with Gasteiger partial charge in [0.05, 0.1) is 0 Å². The molecular weight excluding hydrogens is 168 g/mol. The van der Waals surface area contributed by atoms with E-state index in [0.29, 0.717) is 5.41 Å². The van der Waals surface area contributed by atoms with Crippen LogP contribution < -0.4 is 0 Å². The van der Waals surface area contributed by atoms with E-state index in [-0.39, 0.29) is 0 Å². The number of fused-ring (bicyclic) bond motifs is 1. The molecule has 2 fully saturated rings. The summed E-state index contributed by atoms with van der Waals surface area (Å²) in [6.45, 7) is 9.88. The lowest BCUT2D eigenvalue weighted by Crippen LogP contribution is -2.38. The molecule has 0 aliphatic heterocycles. The fourth-order valence-electron chi connectivity index (χ4n) is 4.08. The molecule has 14 heavy (non-hydrogen) atoms. The van der Waals surface area contributed by atoms with Crippen molar-refractivity contribution in [2.24, 2.45) is 29.1 Å². The largest absolute Gasteiger partial charge is 0.0625 e. The van der Waals surface area contributed by atoms with Crippen molar-refractivity contribution in [3.8, 4) is 0 Å². The topological polar surface area (TPSA) is 0 Å². The lowest BCUT2D eigenvalue weighted by molar-refractivity contribution is 0.0263. The summed E-state index contributed by atoms with van der Waals surface area (Å²) in [6, 6.07) is 0. The van der Waals surface area contributed by atoms with Crippen molar-refractivity contribution < 1.29 is 0 Å². The zero-order valence-electron chi connectivity index (χ0n) is 10.3. The van der Waals surface area contributed by atoms with Crippen LogP contribution in [0.2, 0.25) is 0 Å². The van der Waals surface area contributed by atoms with Crippen LogP contribution in [-0.2, 0) is 0 Å². The monoisotopic (exact) mass is 194 g/mol. The summed E-state index contributed by atoms with van der Waals surface area (Å²) in [5.41, 5.74) is 0.635. The Morgan fingerprint density at radius 1 is 1.07 bits per heavy atom. The van der Waals surface area contributed by atoms with Crippen LogP contribution in [0.3, 0.4) is 0 Å². The van der Waals surface area contributed by atoms with Crippen LogP contribution in [0.5, 0.6) is 0 Å². The maximum atomic E-state index is 2.49. The Balaban J connectivity index is 2.06. The van der Waals surface area contributed by atoms with Crippen molar-refractivity contribution in [1.82, 2.24) is 0 Å². The first-order chi connectivity index (χ1) is 6.48. The van der Waals surface area contributed by atoms with Gasteiger partial charge < -0.3 is 0 Å². The SMILES string of the molecule is CC1CC(C)C2CC(C)(C)CCC2C1. The molecule has 2 aliphatic carbocycles. The van der Waals surface area contributed by atoms with Gasteiger partial charge in [-0.05, 0) is 61.2 Å². The van der Waals surface area contributed by atoms with Crippen molar-refractivity contribution in [3.05, 3.63) is 0 Å². The minimum Gasteiger partial charge on any atom is -0.0625 e. The quantitative estimate of drug-likeness (QED) is 0.533. The van der Waals surface area contributed by atoms with Gasteiger partial charge in [-0.2, -0.15) is 0 Å². The second-order valence-corrected chi connectivity index (χ2v) is 6.88. The van der Waals surface area contributed by atoms with Gasteiger partial charge in [-0.25, -0.2) is 0 Å². The summed E-state index contributed by atoms with van der Waals surface area (Å²) in [5.74, 6) is 4.10. The zero-order chi connectivity index (χ0) is 10.3. The highest BCUT2D eigenvalue weighted by Crippen LogP contribution is 2.51. The van der Waals surface area contributed by atoms with E-state index in [9.17, 15) is 0 Å². The molecule has 4 unspecified atom stereocenters. The molecular formula is C14H26. The van der Waals surface area contributed by atoms with E-state index < -0.39 is 0 Å². The third kappa shape index (κ3) is 1.99. The molecule has 0 amide bonds. The average Bonchev–Trinajstić information content (AvgIpc) is 2.06. The van der Waals surface area contributed by atoms with Crippen molar-refractivity contribution in [2.75, 3.05) is 0 Å². The van der Waals surface area contributed by atoms with Crippen molar-refractivity contribution >= 4 is 0 Å². The Morgan fingerprint density at radius 3 is 2.50 bits per heavy atom. The summed E-state index contributed by atoms with van der Waals surface area (Å²) in [5, 5.41) is 0. The van der Waals surface area contributed by atoms with E-state index in [1.165, 1.54) is 32.1 Å². The molecule has 0 spiro atoms. The molecule has 0 bridgehead atoms. The summed E-state index contributed by atoms with van der Waals surface area (Å²) < 4.78 is 0. The lowest BCUT2D eigenvalue weighted by Gasteiger charge is -2.48. The molecule has 0 N–H and O–H groups in total. The maximum absolute atomic E-state index is 2.49. The van der Waals surface area contributed by atoms with Gasteiger partial charge in [0.25, 0.3) is 0 Å². The summed E-state index contributed by atoms with van der Waals surface area (Å²) >= 11 is 0. The molecule has 0 heterocycles. The summed E-state index contributed by atoms with van der Waals surface area (Å²) in [7, 11) is 0. The van der Waals surface area contributed by atoms with Crippen LogP contribution in [0.4, 0.5) is 0 Å². The number of hydrogen-bond donors (Lipinski definition) is 0. The predicted molar refractivity (Wildman–Crippen MR) is 62.2 cm³/mol. The smallest absolute Gasteiger partial charge is 0.0351 e. The zero-order valence-corrected chi connectivity index (χ0v) is 10.3. The van der Waals surface area contributed by atoms with E-state index in [1.807, 2.05) is 0 Å². The molecule has 82 valence electrons. The normalized spacial score (nSPS) is 47.1. The molecule has 2 rings (SSSR count). The third-order valence-electron chi connectivity index (χ3n) is 4.80. The van der Waals surface area contributed by atoms with Crippen LogP contribution in [0.15, 0.2) is 0 Å². The molecule has 0 aromatic rings. The highest BCUT2D eigenvalue weighted by atomic mass is 14.5. The van der Waals surface area contributed by atoms with Crippen LogP contribution >= 0.6 is 0 Å². The molecule has 0 radical (unpaired) electrons. The fourth-order valence-corrected chi connectivity index (χ4v) is 4.08. The second-order valence-electron chi connectivity index (χ2n) is 6.88. The van der Waals surface area contributed by atoms with Gasteiger partial charge in [-0.3, -0.25) is 0 Å². The lowest BCUT2D eigenvalue weighted by atomic mass is 9.58. The second kappa shape index (κ2) is 3.54. The Bertz CT molecular complexity index is 204. The van der Waals surface area contributed by atoms with Gasteiger partial charge in [0.15, 0.2) is 0 Å². The van der Waals surface area contributed by atoms with E-state index in [2.05, 4.69) is 27.7 Å². The third-order valence-corrected chi connectivity index (χ3v) is 4.80. The molecule has 2 aliphatic rings. The highest BCUT2D eigenvalue weighted by molar-refractivity contribution is 4.91. The first kappa shape index (κ1) is 10.5. The van der Waals surface area contributed by atoms with Crippen LogP contribution in [-0.4, -0.2) is 0 Å². The molecule has 0 saturated heterocycles. The number of rotatable bonds is 0. The Morgan fingerprint density at radius 2 is 1.79 bits per heavy atom. The van der Waals surface area contributed by atoms with E-state index in [1.54, 1.807) is 0 Å². The van der Waals surface area contributed by atoms with Gasteiger partial charge in [-0.15, -0.1) is 0 Å². The standard InChI is InChI=1S/C14H26/c1-10-7-11(2)13-9-14(3,4)6-5-12(13)8-10/h10-13H,5-9H2,1-4H3. The van der Waals surface area contributed by atoms with Gasteiger partial charge in [-0.1, -0.05) is 27.7 Å². The van der Waals surface area contributed by atoms with Crippen molar-refractivity contribution in [2.45, 2.75) is 59.8 Å². The summed E-state index contributed by atoms with van der Waals surface area (Å²) in [4.78, 5) is 0. The van der Waals surface area contributed by atoms with Crippen LogP contribution in [0, 0.1) is 29.1 Å². The first-order valence-electron chi connectivity index (χ1n) is 6.48. The maximum Gasteiger partial charge on any atom is -0.0351 e. The average molecular weight is 194 g/mol. The van der Waals surface area contributed by atoms with Gasteiger partial charge in [0.2, 0.25) is 0 Å². The van der Waals surface area contributed by atoms with E-state index in [4.69, 9.17) is 0 Å². The minimum atomic E-state index is 0.635. The predicted octanol–water partition coefficient (Wildman–Crippen LogP) is 4.49. The molecule has 0 aromatic heterocycles. The fraction of sp³-hybridized carbons (Fsp3) is 1.00.